The molecule has 33 heavy (non-hydrogen) atoms. The van der Waals surface area contributed by atoms with E-state index in [4.69, 9.17) is 21.1 Å². The molecule has 1 unspecified atom stereocenters. The molecule has 2 aromatic rings. The van der Waals surface area contributed by atoms with E-state index >= 15 is 0 Å². The van der Waals surface area contributed by atoms with Gasteiger partial charge in [-0.25, -0.2) is 22.3 Å². The number of rotatable bonds is 9. The molecule has 0 radical (unpaired) electrons. The van der Waals surface area contributed by atoms with E-state index in [9.17, 15) is 22.4 Å². The third kappa shape index (κ3) is 6.73. The Morgan fingerprint density at radius 2 is 2.03 bits per heavy atom. The minimum atomic E-state index is -4.00. The standard InChI is InChI=1S/C22H24ClFN2O6S/c1-26(13-16-5-2-3-7-19(16)24)21(27)14-32-22(28)15-8-9-18(23)20(11-15)33(29,30)25-12-17-6-4-10-31-17/h2-3,5,7-9,11,17,25H,4,6,10,12-14H2,1H3. The molecule has 0 aromatic heterocycles. The Bertz CT molecular complexity index is 1120. The van der Waals surface area contributed by atoms with Crippen LogP contribution in [0.3, 0.4) is 0 Å². The van der Waals surface area contributed by atoms with Crippen LogP contribution >= 0.6 is 11.6 Å². The van der Waals surface area contributed by atoms with Crippen molar-refractivity contribution >= 4 is 33.5 Å². The fraction of sp³-hybridized carbons (Fsp3) is 0.364. The van der Waals surface area contributed by atoms with E-state index in [2.05, 4.69) is 4.72 Å². The second-order valence-corrected chi connectivity index (χ2v) is 9.69. The lowest BCUT2D eigenvalue weighted by molar-refractivity contribution is -0.133. The van der Waals surface area contributed by atoms with E-state index in [0.29, 0.717) is 12.2 Å². The van der Waals surface area contributed by atoms with Crippen molar-refractivity contribution in [2.45, 2.75) is 30.4 Å². The van der Waals surface area contributed by atoms with Gasteiger partial charge in [-0.3, -0.25) is 4.79 Å². The van der Waals surface area contributed by atoms with Crippen molar-refractivity contribution in [3.8, 4) is 0 Å². The monoisotopic (exact) mass is 498 g/mol. The number of hydrogen-bond acceptors (Lipinski definition) is 6. The highest BCUT2D eigenvalue weighted by atomic mass is 35.5. The van der Waals surface area contributed by atoms with Gasteiger partial charge in [0.25, 0.3) is 5.91 Å². The third-order valence-electron chi connectivity index (χ3n) is 5.10. The van der Waals surface area contributed by atoms with Crippen molar-refractivity contribution in [3.05, 3.63) is 64.4 Å². The number of nitrogens with zero attached hydrogens (tertiary/aromatic N) is 1. The Labute approximate surface area is 196 Å². The molecule has 178 valence electrons. The zero-order valence-electron chi connectivity index (χ0n) is 17.9. The smallest absolute Gasteiger partial charge is 0.338 e. The van der Waals surface area contributed by atoms with Crippen LogP contribution < -0.4 is 4.72 Å². The maximum atomic E-state index is 13.8. The second-order valence-electron chi connectivity index (χ2n) is 7.55. The van der Waals surface area contributed by atoms with Gasteiger partial charge >= 0.3 is 5.97 Å². The Hall–Kier alpha value is -2.53. The first-order valence-electron chi connectivity index (χ1n) is 10.2. The predicted octanol–water partition coefficient (Wildman–Crippen LogP) is 2.75. The molecule has 8 nitrogen and oxygen atoms in total. The largest absolute Gasteiger partial charge is 0.452 e. The van der Waals surface area contributed by atoms with E-state index in [1.165, 1.54) is 30.1 Å². The average Bonchev–Trinajstić information content (AvgIpc) is 3.31. The minimum absolute atomic E-state index is 0.00275. The summed E-state index contributed by atoms with van der Waals surface area (Å²) in [6, 6.07) is 9.70. The first kappa shape index (κ1) is 25.1. The Morgan fingerprint density at radius 3 is 2.73 bits per heavy atom. The normalized spacial score (nSPS) is 15.9. The molecule has 1 aliphatic heterocycles. The molecule has 2 aromatic carbocycles. The number of esters is 1. The van der Waals surface area contributed by atoms with Gasteiger partial charge in [-0.05, 0) is 37.1 Å². The number of likely N-dealkylation sites (N-methyl/N-ethyl adjacent to an activating group) is 1. The molecule has 11 heteroatoms. The number of carbonyl (C=O) groups excluding carboxylic acids is 2. The molecule has 0 bridgehead atoms. The second kappa shape index (κ2) is 11.1. The van der Waals surface area contributed by atoms with Gasteiger partial charge in [-0.15, -0.1) is 0 Å². The molecular weight excluding hydrogens is 475 g/mol. The number of benzene rings is 2. The molecule has 1 fully saturated rings. The van der Waals surface area contributed by atoms with E-state index < -0.39 is 34.3 Å². The van der Waals surface area contributed by atoms with Crippen LogP contribution in [0.5, 0.6) is 0 Å². The van der Waals surface area contributed by atoms with Crippen LogP contribution in [0.2, 0.25) is 5.02 Å². The number of hydrogen-bond donors (Lipinski definition) is 1. The summed E-state index contributed by atoms with van der Waals surface area (Å²) in [5.41, 5.74) is 0.240. The van der Waals surface area contributed by atoms with Crippen molar-refractivity contribution < 1.29 is 31.9 Å². The maximum absolute atomic E-state index is 13.8. The average molecular weight is 499 g/mol. The van der Waals surface area contributed by atoms with E-state index in [0.717, 1.165) is 18.9 Å². The number of amides is 1. The summed E-state index contributed by atoms with van der Waals surface area (Å²) in [7, 11) is -2.54. The van der Waals surface area contributed by atoms with Crippen LogP contribution in [0, 0.1) is 5.82 Å². The summed E-state index contributed by atoms with van der Waals surface area (Å²) in [5, 5.41) is -0.0629. The fourth-order valence-corrected chi connectivity index (χ4v) is 4.80. The first-order chi connectivity index (χ1) is 15.7. The van der Waals surface area contributed by atoms with Gasteiger partial charge in [0.15, 0.2) is 6.61 Å². The zero-order valence-corrected chi connectivity index (χ0v) is 19.5. The Morgan fingerprint density at radius 1 is 1.27 bits per heavy atom. The van der Waals surface area contributed by atoms with Crippen molar-refractivity contribution in [1.82, 2.24) is 9.62 Å². The summed E-state index contributed by atoms with van der Waals surface area (Å²) in [5.74, 6) is -1.89. The highest BCUT2D eigenvalue weighted by Crippen LogP contribution is 2.23. The van der Waals surface area contributed by atoms with Gasteiger partial charge in [0.1, 0.15) is 10.7 Å². The summed E-state index contributed by atoms with van der Waals surface area (Å²) in [6.07, 6.45) is 1.41. The van der Waals surface area contributed by atoms with Crippen molar-refractivity contribution in [3.63, 3.8) is 0 Å². The van der Waals surface area contributed by atoms with Gasteiger partial charge < -0.3 is 14.4 Å². The van der Waals surface area contributed by atoms with Gasteiger partial charge in [-0.2, -0.15) is 0 Å². The Kier molecular flexibility index (Phi) is 8.41. The van der Waals surface area contributed by atoms with Crippen LogP contribution in [-0.4, -0.2) is 58.1 Å². The molecule has 1 aliphatic rings. The molecule has 0 spiro atoms. The Balaban J connectivity index is 1.60. The summed E-state index contributed by atoms with van der Waals surface area (Å²) >= 11 is 6.05. The lowest BCUT2D eigenvalue weighted by atomic mass is 10.2. The first-order valence-corrected chi connectivity index (χ1v) is 12.1. The highest BCUT2D eigenvalue weighted by Gasteiger charge is 2.24. The number of nitrogens with one attached hydrogen (secondary N) is 1. The molecule has 0 saturated carbocycles. The van der Waals surface area contributed by atoms with Gasteiger partial charge in [0.05, 0.1) is 16.7 Å². The number of sulfonamides is 1. The summed E-state index contributed by atoms with van der Waals surface area (Å²) < 4.78 is 51.9. The molecule has 1 saturated heterocycles. The van der Waals surface area contributed by atoms with E-state index in [-0.39, 0.29) is 34.7 Å². The molecule has 1 N–H and O–H groups in total. The highest BCUT2D eigenvalue weighted by molar-refractivity contribution is 7.89. The van der Waals surface area contributed by atoms with Crippen LogP contribution in [-0.2, 0) is 30.8 Å². The molecule has 0 aliphatic carbocycles. The topological polar surface area (TPSA) is 102 Å². The summed E-state index contributed by atoms with van der Waals surface area (Å²) in [4.78, 5) is 25.6. The van der Waals surface area contributed by atoms with Crippen LogP contribution in [0.15, 0.2) is 47.4 Å². The minimum Gasteiger partial charge on any atom is -0.452 e. The number of ether oxygens (including phenoxy) is 2. The van der Waals surface area contributed by atoms with Gasteiger partial charge in [0, 0.05) is 32.3 Å². The lowest BCUT2D eigenvalue weighted by Crippen LogP contribution is -2.32. The molecule has 1 heterocycles. The maximum Gasteiger partial charge on any atom is 0.338 e. The van der Waals surface area contributed by atoms with Crippen molar-refractivity contribution in [2.75, 3.05) is 26.8 Å². The van der Waals surface area contributed by atoms with Crippen LogP contribution in [0.1, 0.15) is 28.8 Å². The van der Waals surface area contributed by atoms with Gasteiger partial charge in [-0.1, -0.05) is 29.8 Å². The van der Waals surface area contributed by atoms with Crippen LogP contribution in [0.4, 0.5) is 4.39 Å². The molecular formula is C22H24ClFN2O6S. The van der Waals surface area contributed by atoms with Crippen molar-refractivity contribution in [1.29, 1.82) is 0 Å². The van der Waals surface area contributed by atoms with Crippen LogP contribution in [0.25, 0.3) is 0 Å². The van der Waals surface area contributed by atoms with Crippen molar-refractivity contribution in [2.24, 2.45) is 0 Å². The third-order valence-corrected chi connectivity index (χ3v) is 7.00. The predicted molar refractivity (Wildman–Crippen MR) is 119 cm³/mol. The van der Waals surface area contributed by atoms with E-state index in [1.807, 2.05) is 0 Å². The number of carbonyl (C=O) groups is 2. The molecule has 1 amide bonds. The quantitative estimate of drug-likeness (QED) is 0.533. The molecule has 1 atom stereocenters. The SMILES string of the molecule is CN(Cc1ccccc1F)C(=O)COC(=O)c1ccc(Cl)c(S(=O)(=O)NCC2CCCO2)c1. The summed E-state index contributed by atoms with van der Waals surface area (Å²) in [6.45, 7) is 0.0907. The molecule has 3 rings (SSSR count). The van der Waals surface area contributed by atoms with E-state index in [1.54, 1.807) is 18.2 Å². The number of halogens is 2. The fourth-order valence-electron chi connectivity index (χ4n) is 3.21. The lowest BCUT2D eigenvalue weighted by Gasteiger charge is -2.17. The van der Waals surface area contributed by atoms with Gasteiger partial charge in [0.2, 0.25) is 10.0 Å². The zero-order chi connectivity index (χ0) is 24.0.